The third-order valence-corrected chi connectivity index (χ3v) is 3.93. The molecule has 2 heterocycles. The zero-order valence-corrected chi connectivity index (χ0v) is 11.3. The van der Waals surface area contributed by atoms with Crippen molar-refractivity contribution in [3.05, 3.63) is 30.1 Å². The lowest BCUT2D eigenvalue weighted by Gasteiger charge is -2.42. The molecule has 18 heavy (non-hydrogen) atoms. The normalized spacial score (nSPS) is 23.5. The molecule has 3 heteroatoms. The first-order chi connectivity index (χ1) is 8.63. The molecule has 0 spiro atoms. The minimum absolute atomic E-state index is 0.0492. The van der Waals surface area contributed by atoms with Gasteiger partial charge in [0.05, 0.1) is 6.07 Å². The number of hydrogen-bond acceptors (Lipinski definition) is 3. The Labute approximate surface area is 109 Å². The van der Waals surface area contributed by atoms with Crippen LogP contribution in [0.15, 0.2) is 24.5 Å². The topological polar surface area (TPSA) is 39.9 Å². The van der Waals surface area contributed by atoms with E-state index in [-0.39, 0.29) is 11.5 Å². The van der Waals surface area contributed by atoms with Crippen molar-refractivity contribution in [1.82, 2.24) is 9.88 Å². The molecular weight excluding hydrogens is 222 g/mol. The van der Waals surface area contributed by atoms with Gasteiger partial charge in [-0.3, -0.25) is 9.88 Å². The third-order valence-electron chi connectivity index (χ3n) is 3.93. The fourth-order valence-corrected chi connectivity index (χ4v) is 2.82. The highest BCUT2D eigenvalue weighted by Gasteiger charge is 2.37. The Morgan fingerprint density at radius 3 is 2.83 bits per heavy atom. The molecule has 0 amide bonds. The van der Waals surface area contributed by atoms with E-state index in [1.165, 1.54) is 12.0 Å². The summed E-state index contributed by atoms with van der Waals surface area (Å²) in [6, 6.07) is 6.65. The molecule has 1 aliphatic rings. The van der Waals surface area contributed by atoms with E-state index in [1.54, 1.807) is 0 Å². The van der Waals surface area contributed by atoms with E-state index in [9.17, 15) is 5.26 Å². The van der Waals surface area contributed by atoms with Crippen LogP contribution in [0.5, 0.6) is 0 Å². The largest absolute Gasteiger partial charge is 0.287 e. The number of nitriles is 1. The van der Waals surface area contributed by atoms with E-state index in [0.717, 1.165) is 25.9 Å². The number of piperidine rings is 1. The van der Waals surface area contributed by atoms with E-state index in [1.807, 2.05) is 12.4 Å². The fourth-order valence-electron chi connectivity index (χ4n) is 2.82. The number of likely N-dealkylation sites (tertiary alicyclic amines) is 1. The van der Waals surface area contributed by atoms with Crippen LogP contribution in [0.25, 0.3) is 0 Å². The van der Waals surface area contributed by atoms with Gasteiger partial charge < -0.3 is 0 Å². The van der Waals surface area contributed by atoms with Crippen molar-refractivity contribution in [2.24, 2.45) is 5.41 Å². The maximum absolute atomic E-state index is 9.39. The van der Waals surface area contributed by atoms with E-state index >= 15 is 0 Å². The van der Waals surface area contributed by atoms with Gasteiger partial charge in [0, 0.05) is 18.9 Å². The standard InChI is InChI=1S/C15H21N3/c1-15(2)7-3-10-18(14(15)12-16)11-6-13-4-8-17-9-5-13/h4-5,8-9,14H,3,6-7,10-11H2,1-2H3/t14-/m1/s1. The highest BCUT2D eigenvalue weighted by molar-refractivity contribution is 5.11. The fraction of sp³-hybridized carbons (Fsp3) is 0.600. The second kappa shape index (κ2) is 5.49. The Balaban J connectivity index is 1.98. The Hall–Kier alpha value is -1.40. The van der Waals surface area contributed by atoms with Crippen LogP contribution in [-0.2, 0) is 6.42 Å². The molecule has 1 fully saturated rings. The van der Waals surface area contributed by atoms with E-state index in [0.29, 0.717) is 0 Å². The smallest absolute Gasteiger partial charge is 0.103 e. The van der Waals surface area contributed by atoms with Gasteiger partial charge in [0.1, 0.15) is 6.04 Å². The van der Waals surface area contributed by atoms with E-state index in [2.05, 4.69) is 41.9 Å². The average molecular weight is 243 g/mol. The first-order valence-corrected chi connectivity index (χ1v) is 6.66. The van der Waals surface area contributed by atoms with Crippen LogP contribution < -0.4 is 0 Å². The zero-order chi connectivity index (χ0) is 13.0. The van der Waals surface area contributed by atoms with E-state index in [4.69, 9.17) is 0 Å². The van der Waals surface area contributed by atoms with Gasteiger partial charge in [0.25, 0.3) is 0 Å². The quantitative estimate of drug-likeness (QED) is 0.819. The summed E-state index contributed by atoms with van der Waals surface area (Å²) in [5, 5.41) is 9.39. The third kappa shape index (κ3) is 2.88. The molecule has 0 N–H and O–H groups in total. The number of nitrogens with zero attached hydrogens (tertiary/aromatic N) is 3. The number of rotatable bonds is 3. The molecule has 0 unspecified atom stereocenters. The van der Waals surface area contributed by atoms with Crippen LogP contribution in [0.1, 0.15) is 32.3 Å². The molecule has 1 atom stereocenters. The van der Waals surface area contributed by atoms with Crippen molar-refractivity contribution < 1.29 is 0 Å². The summed E-state index contributed by atoms with van der Waals surface area (Å²) in [6.07, 6.45) is 7.00. The van der Waals surface area contributed by atoms with Crippen LogP contribution in [0.3, 0.4) is 0 Å². The maximum Gasteiger partial charge on any atom is 0.103 e. The molecule has 1 aliphatic heterocycles. The summed E-state index contributed by atoms with van der Waals surface area (Å²) in [6.45, 7) is 6.43. The lowest BCUT2D eigenvalue weighted by Crippen LogP contribution is -2.49. The highest BCUT2D eigenvalue weighted by Crippen LogP contribution is 2.34. The van der Waals surface area contributed by atoms with Crippen LogP contribution in [0, 0.1) is 16.7 Å². The Bertz CT molecular complexity index is 419. The number of aromatic nitrogens is 1. The minimum Gasteiger partial charge on any atom is -0.287 e. The molecule has 0 aliphatic carbocycles. The Morgan fingerprint density at radius 2 is 2.17 bits per heavy atom. The summed E-state index contributed by atoms with van der Waals surface area (Å²) in [5.74, 6) is 0. The Kier molecular flexibility index (Phi) is 3.98. The summed E-state index contributed by atoms with van der Waals surface area (Å²) in [7, 11) is 0. The molecule has 0 radical (unpaired) electrons. The predicted molar refractivity (Wildman–Crippen MR) is 71.9 cm³/mol. The Morgan fingerprint density at radius 1 is 1.44 bits per heavy atom. The van der Waals surface area contributed by atoms with Crippen molar-refractivity contribution in [3.8, 4) is 6.07 Å². The van der Waals surface area contributed by atoms with Gasteiger partial charge in [0.15, 0.2) is 0 Å². The summed E-state index contributed by atoms with van der Waals surface area (Å²) in [4.78, 5) is 6.37. The first-order valence-electron chi connectivity index (χ1n) is 6.66. The van der Waals surface area contributed by atoms with Gasteiger partial charge in [-0.1, -0.05) is 13.8 Å². The molecule has 0 aromatic carbocycles. The summed E-state index contributed by atoms with van der Waals surface area (Å²) in [5.41, 5.74) is 1.41. The van der Waals surface area contributed by atoms with Gasteiger partial charge in [-0.2, -0.15) is 5.26 Å². The van der Waals surface area contributed by atoms with Crippen LogP contribution in [-0.4, -0.2) is 29.0 Å². The highest BCUT2D eigenvalue weighted by atomic mass is 15.2. The summed E-state index contributed by atoms with van der Waals surface area (Å²) < 4.78 is 0. The molecule has 0 bridgehead atoms. The molecule has 1 saturated heterocycles. The van der Waals surface area contributed by atoms with Crippen molar-refractivity contribution in [3.63, 3.8) is 0 Å². The first kappa shape index (κ1) is 13.0. The van der Waals surface area contributed by atoms with Crippen LogP contribution >= 0.6 is 0 Å². The van der Waals surface area contributed by atoms with Crippen molar-refractivity contribution in [1.29, 1.82) is 5.26 Å². The molecule has 2 rings (SSSR count). The predicted octanol–water partition coefficient (Wildman–Crippen LogP) is 2.64. The van der Waals surface area contributed by atoms with Crippen molar-refractivity contribution >= 4 is 0 Å². The molecule has 0 saturated carbocycles. The molecule has 1 aromatic rings. The molecular formula is C15H21N3. The van der Waals surface area contributed by atoms with Gasteiger partial charge >= 0.3 is 0 Å². The van der Waals surface area contributed by atoms with Crippen LogP contribution in [0.4, 0.5) is 0 Å². The van der Waals surface area contributed by atoms with Crippen molar-refractivity contribution in [2.75, 3.05) is 13.1 Å². The number of hydrogen-bond donors (Lipinski definition) is 0. The van der Waals surface area contributed by atoms with Gasteiger partial charge in [-0.15, -0.1) is 0 Å². The molecule has 3 nitrogen and oxygen atoms in total. The van der Waals surface area contributed by atoms with Crippen LogP contribution in [0.2, 0.25) is 0 Å². The monoisotopic (exact) mass is 243 g/mol. The lowest BCUT2D eigenvalue weighted by atomic mass is 9.77. The number of pyridine rings is 1. The molecule has 1 aromatic heterocycles. The zero-order valence-electron chi connectivity index (χ0n) is 11.3. The average Bonchev–Trinajstić information content (AvgIpc) is 2.36. The van der Waals surface area contributed by atoms with Gasteiger partial charge in [-0.25, -0.2) is 0 Å². The summed E-state index contributed by atoms with van der Waals surface area (Å²) >= 11 is 0. The van der Waals surface area contributed by atoms with Gasteiger partial charge in [0.2, 0.25) is 0 Å². The van der Waals surface area contributed by atoms with Gasteiger partial charge in [-0.05, 0) is 48.9 Å². The SMILES string of the molecule is CC1(C)CCCN(CCc2ccncc2)[C@@H]1C#N. The second-order valence-corrected chi connectivity index (χ2v) is 5.77. The van der Waals surface area contributed by atoms with E-state index < -0.39 is 0 Å². The maximum atomic E-state index is 9.39. The molecule has 96 valence electrons. The van der Waals surface area contributed by atoms with Crippen molar-refractivity contribution in [2.45, 2.75) is 39.2 Å². The minimum atomic E-state index is 0.0492. The second-order valence-electron chi connectivity index (χ2n) is 5.77. The lowest BCUT2D eigenvalue weighted by molar-refractivity contribution is 0.0734.